The van der Waals surface area contributed by atoms with Crippen LogP contribution in [0.1, 0.15) is 22.3 Å². The van der Waals surface area contributed by atoms with Gasteiger partial charge in [0.05, 0.1) is 5.56 Å². The lowest BCUT2D eigenvalue weighted by molar-refractivity contribution is -0.124. The molecular weight excluding hydrogens is 260 g/mol. The molecule has 110 valence electrons. The summed E-state index contributed by atoms with van der Waals surface area (Å²) in [7, 11) is 1.59. The van der Waals surface area contributed by atoms with E-state index in [0.29, 0.717) is 30.8 Å². The minimum Gasteiger partial charge on any atom is -0.452 e. The van der Waals surface area contributed by atoms with E-state index in [-0.39, 0.29) is 12.5 Å². The van der Waals surface area contributed by atoms with Crippen LogP contribution in [0.25, 0.3) is 0 Å². The van der Waals surface area contributed by atoms with Crippen molar-refractivity contribution in [3.05, 3.63) is 29.3 Å². The number of nitrogens with two attached hydrogens (primary N) is 1. The molecule has 0 aliphatic rings. The Kier molecular flexibility index (Phi) is 6.52. The summed E-state index contributed by atoms with van der Waals surface area (Å²) in [6.07, 6.45) is 0.713. The number of ether oxygens (including phenoxy) is 2. The average molecular weight is 280 g/mol. The van der Waals surface area contributed by atoms with E-state index in [1.165, 1.54) is 6.07 Å². The number of benzene rings is 1. The van der Waals surface area contributed by atoms with Gasteiger partial charge in [-0.3, -0.25) is 4.79 Å². The Bertz CT molecular complexity index is 474. The van der Waals surface area contributed by atoms with Gasteiger partial charge in [0.15, 0.2) is 6.61 Å². The van der Waals surface area contributed by atoms with Crippen LogP contribution in [0.15, 0.2) is 18.2 Å². The molecule has 0 radical (unpaired) electrons. The molecule has 0 spiro atoms. The molecule has 0 unspecified atom stereocenters. The number of rotatable bonds is 7. The van der Waals surface area contributed by atoms with Crippen LogP contribution in [-0.2, 0) is 14.3 Å². The average Bonchev–Trinajstić information content (AvgIpc) is 2.43. The molecule has 6 nitrogen and oxygen atoms in total. The van der Waals surface area contributed by atoms with Gasteiger partial charge in [0.1, 0.15) is 0 Å². The molecule has 6 heteroatoms. The van der Waals surface area contributed by atoms with Gasteiger partial charge in [-0.1, -0.05) is 6.07 Å². The zero-order valence-corrected chi connectivity index (χ0v) is 11.8. The van der Waals surface area contributed by atoms with Crippen molar-refractivity contribution in [1.82, 2.24) is 5.32 Å². The lowest BCUT2D eigenvalue weighted by atomic mass is 10.1. The van der Waals surface area contributed by atoms with Crippen LogP contribution >= 0.6 is 0 Å². The number of nitrogens with one attached hydrogen (secondary N) is 1. The topological polar surface area (TPSA) is 90.6 Å². The number of nitrogen functional groups attached to an aromatic ring is 1. The van der Waals surface area contributed by atoms with Crippen LogP contribution in [0.4, 0.5) is 5.69 Å². The lowest BCUT2D eigenvalue weighted by Gasteiger charge is -2.08. The molecule has 0 saturated heterocycles. The maximum absolute atomic E-state index is 11.8. The molecule has 20 heavy (non-hydrogen) atoms. The number of aryl methyl sites for hydroxylation is 1. The van der Waals surface area contributed by atoms with Gasteiger partial charge in [0, 0.05) is 25.9 Å². The summed E-state index contributed by atoms with van der Waals surface area (Å²) in [6, 6.07) is 4.97. The second-order valence-electron chi connectivity index (χ2n) is 4.35. The fraction of sp³-hybridized carbons (Fsp3) is 0.429. The summed E-state index contributed by atoms with van der Waals surface area (Å²) in [5.74, 6) is -0.891. The van der Waals surface area contributed by atoms with Gasteiger partial charge >= 0.3 is 5.97 Å². The highest BCUT2D eigenvalue weighted by Gasteiger charge is 2.12. The first-order valence-electron chi connectivity index (χ1n) is 6.33. The van der Waals surface area contributed by atoms with Crippen LogP contribution in [0.5, 0.6) is 0 Å². The van der Waals surface area contributed by atoms with E-state index in [4.69, 9.17) is 15.2 Å². The molecule has 0 aliphatic heterocycles. The minimum absolute atomic E-state index is 0.306. The van der Waals surface area contributed by atoms with Crippen LogP contribution < -0.4 is 11.1 Å². The van der Waals surface area contributed by atoms with Gasteiger partial charge in [-0.2, -0.15) is 0 Å². The summed E-state index contributed by atoms with van der Waals surface area (Å²) >= 11 is 0. The summed E-state index contributed by atoms with van der Waals surface area (Å²) in [6.45, 7) is 2.53. The molecule has 1 aromatic rings. The Morgan fingerprint density at radius 1 is 1.35 bits per heavy atom. The largest absolute Gasteiger partial charge is 0.452 e. The number of methoxy groups -OCH3 is 1. The van der Waals surface area contributed by atoms with Gasteiger partial charge in [-0.25, -0.2) is 4.79 Å². The Labute approximate surface area is 118 Å². The first kappa shape index (κ1) is 16.0. The van der Waals surface area contributed by atoms with E-state index in [0.717, 1.165) is 5.56 Å². The van der Waals surface area contributed by atoms with Crippen LogP contribution in [0.3, 0.4) is 0 Å². The van der Waals surface area contributed by atoms with E-state index < -0.39 is 5.97 Å². The van der Waals surface area contributed by atoms with Crippen molar-refractivity contribution in [2.24, 2.45) is 0 Å². The van der Waals surface area contributed by atoms with Crippen LogP contribution in [0.2, 0.25) is 0 Å². The number of anilines is 1. The minimum atomic E-state index is -0.554. The molecule has 0 atom stereocenters. The summed E-state index contributed by atoms with van der Waals surface area (Å²) in [5.41, 5.74) is 7.22. The summed E-state index contributed by atoms with van der Waals surface area (Å²) in [5, 5.41) is 2.63. The van der Waals surface area contributed by atoms with Crippen molar-refractivity contribution in [2.45, 2.75) is 13.3 Å². The molecule has 0 aliphatic carbocycles. The van der Waals surface area contributed by atoms with Gasteiger partial charge in [0.25, 0.3) is 5.91 Å². The smallest absolute Gasteiger partial charge is 0.338 e. The maximum atomic E-state index is 11.8. The molecule has 0 heterocycles. The SMILES string of the molecule is COCCCNC(=O)COC(=O)c1cc(N)ccc1C. The Morgan fingerprint density at radius 2 is 2.10 bits per heavy atom. The molecule has 3 N–H and O–H groups in total. The van der Waals surface area contributed by atoms with E-state index in [9.17, 15) is 9.59 Å². The normalized spacial score (nSPS) is 10.1. The highest BCUT2D eigenvalue weighted by Crippen LogP contribution is 2.13. The van der Waals surface area contributed by atoms with Crippen molar-refractivity contribution in [3.8, 4) is 0 Å². The third-order valence-electron chi connectivity index (χ3n) is 2.66. The fourth-order valence-electron chi connectivity index (χ4n) is 1.56. The molecule has 0 saturated carbocycles. The first-order valence-corrected chi connectivity index (χ1v) is 6.33. The van der Waals surface area contributed by atoms with Crippen molar-refractivity contribution >= 4 is 17.6 Å². The number of hydrogen-bond acceptors (Lipinski definition) is 5. The quantitative estimate of drug-likeness (QED) is 0.439. The van der Waals surface area contributed by atoms with Crippen LogP contribution in [0, 0.1) is 6.92 Å². The fourth-order valence-corrected chi connectivity index (χ4v) is 1.56. The van der Waals surface area contributed by atoms with Crippen molar-refractivity contribution in [1.29, 1.82) is 0 Å². The number of esters is 1. The van der Waals surface area contributed by atoms with E-state index in [2.05, 4.69) is 5.32 Å². The molecule has 0 fully saturated rings. The van der Waals surface area contributed by atoms with Gasteiger partial charge < -0.3 is 20.5 Å². The maximum Gasteiger partial charge on any atom is 0.338 e. The molecule has 0 bridgehead atoms. The second kappa shape index (κ2) is 8.16. The van der Waals surface area contributed by atoms with E-state index >= 15 is 0 Å². The zero-order chi connectivity index (χ0) is 15.0. The zero-order valence-electron chi connectivity index (χ0n) is 11.8. The molecule has 0 aromatic heterocycles. The molecule has 1 rings (SSSR count). The first-order chi connectivity index (χ1) is 9.54. The van der Waals surface area contributed by atoms with Crippen molar-refractivity contribution in [3.63, 3.8) is 0 Å². The van der Waals surface area contributed by atoms with Gasteiger partial charge in [-0.05, 0) is 31.0 Å². The Hall–Kier alpha value is -2.08. The monoisotopic (exact) mass is 280 g/mol. The highest BCUT2D eigenvalue weighted by atomic mass is 16.5. The predicted molar refractivity (Wildman–Crippen MR) is 75.4 cm³/mol. The van der Waals surface area contributed by atoms with Crippen molar-refractivity contribution < 1.29 is 19.1 Å². The van der Waals surface area contributed by atoms with Crippen LogP contribution in [-0.4, -0.2) is 38.7 Å². The second-order valence-corrected chi connectivity index (χ2v) is 4.35. The highest BCUT2D eigenvalue weighted by molar-refractivity contribution is 5.93. The third-order valence-corrected chi connectivity index (χ3v) is 2.66. The number of hydrogen-bond donors (Lipinski definition) is 2. The molecule has 1 amide bonds. The van der Waals surface area contributed by atoms with Gasteiger partial charge in [0.2, 0.25) is 0 Å². The summed E-state index contributed by atoms with van der Waals surface area (Å²) in [4.78, 5) is 23.3. The number of carbonyl (C=O) groups excluding carboxylic acids is 2. The molecule has 1 aromatic carbocycles. The third kappa shape index (κ3) is 5.27. The lowest BCUT2D eigenvalue weighted by Crippen LogP contribution is -2.30. The Balaban J connectivity index is 2.39. The van der Waals surface area contributed by atoms with Gasteiger partial charge in [-0.15, -0.1) is 0 Å². The van der Waals surface area contributed by atoms with Crippen molar-refractivity contribution in [2.75, 3.05) is 32.6 Å². The standard InChI is InChI=1S/C14H20N2O4/c1-10-4-5-11(15)8-12(10)14(18)20-9-13(17)16-6-3-7-19-2/h4-5,8H,3,6-7,9,15H2,1-2H3,(H,16,17). The number of carbonyl (C=O) groups is 2. The Morgan fingerprint density at radius 3 is 2.80 bits per heavy atom. The molecular formula is C14H20N2O4. The van der Waals surface area contributed by atoms with E-state index in [1.54, 1.807) is 26.2 Å². The predicted octanol–water partition coefficient (Wildman–Crippen LogP) is 0.887. The number of amides is 1. The summed E-state index contributed by atoms with van der Waals surface area (Å²) < 4.78 is 9.80. The van der Waals surface area contributed by atoms with E-state index in [1.807, 2.05) is 0 Å².